The van der Waals surface area contributed by atoms with Crippen LogP contribution in [-0.4, -0.2) is 15.8 Å². The first-order valence-electron chi connectivity index (χ1n) is 4.59. The second-order valence-corrected chi connectivity index (χ2v) is 2.97. The summed E-state index contributed by atoms with van der Waals surface area (Å²) in [6.07, 6.45) is 6.39. The number of hydrogen-bond donors (Lipinski definition) is 0. The average Bonchev–Trinajstić information content (AvgIpc) is 2.21. The minimum Gasteiger partial charge on any atom is -0.292 e. The van der Waals surface area contributed by atoms with E-state index in [0.717, 1.165) is 12.8 Å². The smallest absolute Gasteiger partial charge is 0.185 e. The summed E-state index contributed by atoms with van der Waals surface area (Å²) in [5.41, 5.74) is 0.483. The van der Waals surface area contributed by atoms with Crippen LogP contribution in [0.5, 0.6) is 0 Å². The Hall–Kier alpha value is -1.25. The molecule has 0 aromatic carbocycles. The summed E-state index contributed by atoms with van der Waals surface area (Å²) in [5, 5.41) is 0. The van der Waals surface area contributed by atoms with E-state index in [-0.39, 0.29) is 11.7 Å². The van der Waals surface area contributed by atoms with Crippen molar-refractivity contribution in [3.05, 3.63) is 24.3 Å². The van der Waals surface area contributed by atoms with Crippen LogP contribution in [0.25, 0.3) is 0 Å². The topological polar surface area (TPSA) is 42.9 Å². The summed E-state index contributed by atoms with van der Waals surface area (Å²) >= 11 is 0. The van der Waals surface area contributed by atoms with Crippen LogP contribution in [0.4, 0.5) is 0 Å². The molecule has 0 aliphatic rings. The highest BCUT2D eigenvalue weighted by Crippen LogP contribution is 2.12. The average molecular weight is 178 g/mol. The molecular formula is C10H14N2O. The molecule has 0 atom stereocenters. The van der Waals surface area contributed by atoms with E-state index >= 15 is 0 Å². The van der Waals surface area contributed by atoms with Crippen molar-refractivity contribution in [2.75, 3.05) is 0 Å². The zero-order valence-electron chi connectivity index (χ0n) is 8.03. The first kappa shape index (κ1) is 9.84. The zero-order chi connectivity index (χ0) is 9.68. The van der Waals surface area contributed by atoms with Crippen LogP contribution in [-0.2, 0) is 0 Å². The van der Waals surface area contributed by atoms with Crippen molar-refractivity contribution >= 4 is 5.78 Å². The Balaban J connectivity index is 2.78. The number of hydrogen-bond acceptors (Lipinski definition) is 3. The molecule has 1 rings (SSSR count). The lowest BCUT2D eigenvalue weighted by molar-refractivity contribution is 0.0908. The van der Waals surface area contributed by atoms with E-state index in [2.05, 4.69) is 9.97 Å². The molecule has 1 aromatic heterocycles. The highest BCUT2D eigenvalue weighted by molar-refractivity contribution is 5.95. The normalized spacial score (nSPS) is 10.4. The van der Waals surface area contributed by atoms with Gasteiger partial charge in [-0.3, -0.25) is 9.78 Å². The minimum atomic E-state index is 0.0942. The van der Waals surface area contributed by atoms with Gasteiger partial charge in [-0.1, -0.05) is 13.8 Å². The molecule has 1 heterocycles. The quantitative estimate of drug-likeness (QED) is 0.663. The van der Waals surface area contributed by atoms with Crippen LogP contribution in [0.3, 0.4) is 0 Å². The Morgan fingerprint density at radius 3 is 2.54 bits per heavy atom. The number of Topliss-reactive ketones (excluding diaryl/α,β-unsaturated/α-hetero) is 1. The van der Waals surface area contributed by atoms with Gasteiger partial charge in [0.2, 0.25) is 0 Å². The van der Waals surface area contributed by atoms with Gasteiger partial charge in [-0.2, -0.15) is 0 Å². The highest BCUT2D eigenvalue weighted by Gasteiger charge is 2.16. The lowest BCUT2D eigenvalue weighted by Crippen LogP contribution is -2.14. The number of carbonyl (C=O) groups excluding carboxylic acids is 1. The standard InChI is InChI=1S/C10H14N2O/c1-3-8(4-2)10(13)9-7-11-5-6-12-9/h5-8H,3-4H2,1-2H3. The second kappa shape index (κ2) is 4.70. The van der Waals surface area contributed by atoms with E-state index in [1.54, 1.807) is 12.4 Å². The maximum atomic E-state index is 11.7. The largest absolute Gasteiger partial charge is 0.292 e. The molecule has 70 valence electrons. The molecular weight excluding hydrogens is 164 g/mol. The molecule has 0 saturated carbocycles. The molecule has 0 fully saturated rings. The third-order valence-corrected chi connectivity index (χ3v) is 2.17. The summed E-state index contributed by atoms with van der Waals surface area (Å²) in [6, 6.07) is 0. The number of carbonyl (C=O) groups is 1. The van der Waals surface area contributed by atoms with Crippen molar-refractivity contribution in [2.24, 2.45) is 5.92 Å². The lowest BCUT2D eigenvalue weighted by atomic mass is 9.96. The molecule has 0 aliphatic heterocycles. The Morgan fingerprint density at radius 2 is 2.08 bits per heavy atom. The SMILES string of the molecule is CCC(CC)C(=O)c1cnccn1. The van der Waals surface area contributed by atoms with Crippen LogP contribution in [0.15, 0.2) is 18.6 Å². The molecule has 13 heavy (non-hydrogen) atoms. The maximum absolute atomic E-state index is 11.7. The van der Waals surface area contributed by atoms with Gasteiger partial charge in [-0.25, -0.2) is 4.98 Å². The van der Waals surface area contributed by atoms with Crippen molar-refractivity contribution in [2.45, 2.75) is 26.7 Å². The molecule has 0 saturated heterocycles. The summed E-state index contributed by atoms with van der Waals surface area (Å²) in [5.74, 6) is 0.204. The fourth-order valence-electron chi connectivity index (χ4n) is 1.29. The van der Waals surface area contributed by atoms with E-state index < -0.39 is 0 Å². The number of aromatic nitrogens is 2. The van der Waals surface area contributed by atoms with E-state index in [1.165, 1.54) is 6.20 Å². The van der Waals surface area contributed by atoms with Gasteiger partial charge in [0.15, 0.2) is 5.78 Å². The fraction of sp³-hybridized carbons (Fsp3) is 0.500. The molecule has 0 aliphatic carbocycles. The molecule has 3 heteroatoms. The predicted molar refractivity (Wildman–Crippen MR) is 50.4 cm³/mol. The van der Waals surface area contributed by atoms with Gasteiger partial charge in [0, 0.05) is 18.3 Å². The van der Waals surface area contributed by atoms with Crippen LogP contribution < -0.4 is 0 Å². The number of ketones is 1. The molecule has 0 unspecified atom stereocenters. The van der Waals surface area contributed by atoms with Gasteiger partial charge >= 0.3 is 0 Å². The summed E-state index contributed by atoms with van der Waals surface area (Å²) in [7, 11) is 0. The van der Waals surface area contributed by atoms with Crippen LogP contribution in [0, 0.1) is 5.92 Å². The van der Waals surface area contributed by atoms with Crippen LogP contribution in [0.2, 0.25) is 0 Å². The summed E-state index contributed by atoms with van der Waals surface area (Å²) in [4.78, 5) is 19.6. The van der Waals surface area contributed by atoms with Gasteiger partial charge < -0.3 is 0 Å². The molecule has 0 radical (unpaired) electrons. The molecule has 0 amide bonds. The van der Waals surface area contributed by atoms with Gasteiger partial charge in [-0.05, 0) is 12.8 Å². The van der Waals surface area contributed by atoms with Crippen molar-refractivity contribution < 1.29 is 4.79 Å². The van der Waals surface area contributed by atoms with Crippen molar-refractivity contribution in [1.82, 2.24) is 9.97 Å². The summed E-state index contributed by atoms with van der Waals surface area (Å²) < 4.78 is 0. The van der Waals surface area contributed by atoms with Crippen molar-refractivity contribution in [1.29, 1.82) is 0 Å². The summed E-state index contributed by atoms with van der Waals surface area (Å²) in [6.45, 7) is 4.03. The molecule has 0 spiro atoms. The Bertz CT molecular complexity index is 268. The fourth-order valence-corrected chi connectivity index (χ4v) is 1.29. The van der Waals surface area contributed by atoms with Gasteiger partial charge in [0.05, 0.1) is 6.20 Å². The van der Waals surface area contributed by atoms with E-state index in [0.29, 0.717) is 5.69 Å². The Kier molecular flexibility index (Phi) is 3.55. The minimum absolute atomic E-state index is 0.0942. The Labute approximate surface area is 78.2 Å². The first-order chi connectivity index (χ1) is 6.29. The van der Waals surface area contributed by atoms with Crippen LogP contribution in [0.1, 0.15) is 37.2 Å². The lowest BCUT2D eigenvalue weighted by Gasteiger charge is -2.08. The van der Waals surface area contributed by atoms with E-state index in [4.69, 9.17) is 0 Å². The van der Waals surface area contributed by atoms with Gasteiger partial charge in [0.1, 0.15) is 5.69 Å². The third-order valence-electron chi connectivity index (χ3n) is 2.17. The molecule has 0 bridgehead atoms. The monoisotopic (exact) mass is 178 g/mol. The van der Waals surface area contributed by atoms with Crippen molar-refractivity contribution in [3.8, 4) is 0 Å². The number of nitrogens with zero attached hydrogens (tertiary/aromatic N) is 2. The molecule has 1 aromatic rings. The van der Waals surface area contributed by atoms with E-state index in [1.807, 2.05) is 13.8 Å². The van der Waals surface area contributed by atoms with Crippen LogP contribution >= 0.6 is 0 Å². The zero-order valence-corrected chi connectivity index (χ0v) is 8.03. The number of rotatable bonds is 4. The predicted octanol–water partition coefficient (Wildman–Crippen LogP) is 2.10. The van der Waals surface area contributed by atoms with Crippen molar-refractivity contribution in [3.63, 3.8) is 0 Å². The van der Waals surface area contributed by atoms with E-state index in [9.17, 15) is 4.79 Å². The second-order valence-electron chi connectivity index (χ2n) is 2.97. The first-order valence-corrected chi connectivity index (χ1v) is 4.59. The Morgan fingerprint density at radius 1 is 1.38 bits per heavy atom. The van der Waals surface area contributed by atoms with Gasteiger partial charge in [-0.15, -0.1) is 0 Å². The van der Waals surface area contributed by atoms with Gasteiger partial charge in [0.25, 0.3) is 0 Å². The molecule has 0 N–H and O–H groups in total. The third kappa shape index (κ3) is 2.34. The highest BCUT2D eigenvalue weighted by atomic mass is 16.1. The maximum Gasteiger partial charge on any atom is 0.185 e. The molecule has 3 nitrogen and oxygen atoms in total.